The van der Waals surface area contributed by atoms with Crippen molar-refractivity contribution in [1.82, 2.24) is 5.32 Å². The minimum atomic E-state index is -0.319. The number of rotatable bonds is 2. The van der Waals surface area contributed by atoms with Crippen LogP contribution in [0.1, 0.15) is 27.2 Å². The predicted molar refractivity (Wildman–Crippen MR) is 58.4 cm³/mol. The fourth-order valence-corrected chi connectivity index (χ4v) is 1.04. The summed E-state index contributed by atoms with van der Waals surface area (Å²) in [5.41, 5.74) is 5.01. The van der Waals surface area contributed by atoms with E-state index >= 15 is 0 Å². The lowest BCUT2D eigenvalue weighted by Gasteiger charge is -2.17. The number of hydrogen-bond donors (Lipinski definition) is 3. The smallest absolute Gasteiger partial charge is 0.293 e. The molecule has 5 nitrogen and oxygen atoms in total. The Bertz CT molecular complexity index is 184. The van der Waals surface area contributed by atoms with Gasteiger partial charge in [-0.25, -0.2) is 0 Å². The van der Waals surface area contributed by atoms with Crippen molar-refractivity contribution in [3.05, 3.63) is 0 Å². The molecule has 90 valence electrons. The predicted octanol–water partition coefficient (Wildman–Crippen LogP) is -0.373. The Labute approximate surface area is 91.0 Å². The highest BCUT2D eigenvalue weighted by Crippen LogP contribution is 2.08. The summed E-state index contributed by atoms with van der Waals surface area (Å²) < 4.78 is 4.55. The molecule has 0 aliphatic carbocycles. The molecule has 0 spiro atoms. The number of aliphatic hydroxyl groups is 1. The zero-order valence-corrected chi connectivity index (χ0v) is 9.75. The lowest BCUT2D eigenvalue weighted by atomic mass is 10.0. The molecule has 1 atom stereocenters. The second kappa shape index (κ2) is 6.05. The largest absolute Gasteiger partial charge is 0.462 e. The molecule has 0 bridgehead atoms. The first kappa shape index (κ1) is 14.3. The molecule has 5 heteroatoms. The third kappa shape index (κ3) is 7.30. The van der Waals surface area contributed by atoms with E-state index < -0.39 is 0 Å². The van der Waals surface area contributed by atoms with Gasteiger partial charge in [-0.15, -0.1) is 0 Å². The summed E-state index contributed by atoms with van der Waals surface area (Å²) in [7, 11) is 0. The number of carbonyl (C=O) groups excluding carboxylic acids is 1. The van der Waals surface area contributed by atoms with Crippen molar-refractivity contribution in [3.8, 4) is 0 Å². The highest BCUT2D eigenvalue weighted by molar-refractivity contribution is 5.37. The van der Waals surface area contributed by atoms with Crippen LogP contribution in [0.4, 0.5) is 0 Å². The molecule has 1 saturated heterocycles. The van der Waals surface area contributed by atoms with E-state index in [1.807, 2.05) is 20.8 Å². The summed E-state index contributed by atoms with van der Waals surface area (Å²) in [6.45, 7) is 7.71. The maximum Gasteiger partial charge on any atom is 0.293 e. The van der Waals surface area contributed by atoms with Gasteiger partial charge in [-0.3, -0.25) is 4.79 Å². The van der Waals surface area contributed by atoms with E-state index in [-0.39, 0.29) is 17.7 Å². The van der Waals surface area contributed by atoms with Gasteiger partial charge in [0.25, 0.3) is 6.47 Å². The zero-order valence-electron chi connectivity index (χ0n) is 9.75. The SMILES string of the molecule is CC(C)(C)OC=O.NC1(CO)CCNC1. The molecule has 1 aliphatic rings. The highest BCUT2D eigenvalue weighted by Gasteiger charge is 2.27. The van der Waals surface area contributed by atoms with Crippen molar-refractivity contribution in [1.29, 1.82) is 0 Å². The number of hydrogen-bond acceptors (Lipinski definition) is 5. The van der Waals surface area contributed by atoms with Crippen LogP contribution in [0.2, 0.25) is 0 Å². The van der Waals surface area contributed by atoms with E-state index in [4.69, 9.17) is 10.8 Å². The molecule has 0 aromatic carbocycles. The zero-order chi connectivity index (χ0) is 11.9. The van der Waals surface area contributed by atoms with E-state index in [0.717, 1.165) is 19.5 Å². The van der Waals surface area contributed by atoms with Crippen LogP contribution in [0.25, 0.3) is 0 Å². The minimum Gasteiger partial charge on any atom is -0.462 e. The van der Waals surface area contributed by atoms with E-state index in [2.05, 4.69) is 10.1 Å². The Morgan fingerprint density at radius 3 is 2.33 bits per heavy atom. The van der Waals surface area contributed by atoms with Gasteiger partial charge in [-0.1, -0.05) is 0 Å². The normalized spacial score (nSPS) is 25.4. The van der Waals surface area contributed by atoms with Crippen LogP contribution in [-0.2, 0) is 9.53 Å². The van der Waals surface area contributed by atoms with Gasteiger partial charge in [0.1, 0.15) is 5.60 Å². The Morgan fingerprint density at radius 2 is 2.20 bits per heavy atom. The average molecular weight is 218 g/mol. The molecule has 1 heterocycles. The Balaban J connectivity index is 0.000000265. The van der Waals surface area contributed by atoms with Crippen molar-refractivity contribution in [2.75, 3.05) is 19.7 Å². The van der Waals surface area contributed by atoms with Crippen LogP contribution in [-0.4, -0.2) is 42.4 Å². The molecular weight excluding hydrogens is 196 g/mol. The summed E-state index contributed by atoms with van der Waals surface area (Å²) >= 11 is 0. The summed E-state index contributed by atoms with van der Waals surface area (Å²) in [4.78, 5) is 9.60. The molecule has 4 N–H and O–H groups in total. The van der Waals surface area contributed by atoms with Gasteiger partial charge in [0.2, 0.25) is 0 Å². The summed E-state index contributed by atoms with van der Waals surface area (Å²) in [6.07, 6.45) is 0.892. The van der Waals surface area contributed by atoms with Gasteiger partial charge in [-0.05, 0) is 33.7 Å². The van der Waals surface area contributed by atoms with E-state index in [1.165, 1.54) is 0 Å². The van der Waals surface area contributed by atoms with Crippen molar-refractivity contribution >= 4 is 6.47 Å². The lowest BCUT2D eigenvalue weighted by Crippen LogP contribution is -2.45. The number of carbonyl (C=O) groups is 1. The van der Waals surface area contributed by atoms with Gasteiger partial charge in [-0.2, -0.15) is 0 Å². The van der Waals surface area contributed by atoms with E-state index in [1.54, 1.807) is 0 Å². The number of ether oxygens (including phenoxy) is 1. The van der Waals surface area contributed by atoms with Crippen molar-refractivity contribution in [2.24, 2.45) is 5.73 Å². The van der Waals surface area contributed by atoms with E-state index in [0.29, 0.717) is 6.47 Å². The van der Waals surface area contributed by atoms with Crippen molar-refractivity contribution in [3.63, 3.8) is 0 Å². The molecule has 15 heavy (non-hydrogen) atoms. The Kier molecular flexibility index (Phi) is 5.79. The maximum atomic E-state index is 9.60. The topological polar surface area (TPSA) is 84.6 Å². The molecule has 1 unspecified atom stereocenters. The van der Waals surface area contributed by atoms with Crippen LogP contribution in [0.5, 0.6) is 0 Å². The third-order valence-electron chi connectivity index (χ3n) is 1.99. The average Bonchev–Trinajstić information content (AvgIpc) is 2.52. The Morgan fingerprint density at radius 1 is 1.60 bits per heavy atom. The molecule has 1 aliphatic heterocycles. The minimum absolute atomic E-state index is 0.0972. The first-order valence-corrected chi connectivity index (χ1v) is 5.05. The van der Waals surface area contributed by atoms with Crippen LogP contribution >= 0.6 is 0 Å². The van der Waals surface area contributed by atoms with Crippen LogP contribution < -0.4 is 11.1 Å². The van der Waals surface area contributed by atoms with Gasteiger partial charge < -0.3 is 20.9 Å². The van der Waals surface area contributed by atoms with Crippen LogP contribution in [0.15, 0.2) is 0 Å². The summed E-state index contributed by atoms with van der Waals surface area (Å²) in [5.74, 6) is 0. The molecule has 0 radical (unpaired) electrons. The second-order valence-corrected chi connectivity index (χ2v) is 4.77. The first-order valence-electron chi connectivity index (χ1n) is 5.05. The van der Waals surface area contributed by atoms with E-state index in [9.17, 15) is 4.79 Å². The fourth-order valence-electron chi connectivity index (χ4n) is 1.04. The molecule has 0 aromatic heterocycles. The second-order valence-electron chi connectivity index (χ2n) is 4.77. The Hall–Kier alpha value is -0.650. The van der Waals surface area contributed by atoms with Crippen molar-refractivity contribution in [2.45, 2.75) is 38.3 Å². The third-order valence-corrected chi connectivity index (χ3v) is 1.99. The number of aliphatic hydroxyl groups excluding tert-OH is 1. The van der Waals surface area contributed by atoms with Crippen LogP contribution in [0, 0.1) is 0 Å². The molecule has 1 fully saturated rings. The van der Waals surface area contributed by atoms with Gasteiger partial charge in [0.05, 0.1) is 12.1 Å². The van der Waals surface area contributed by atoms with Gasteiger partial charge >= 0.3 is 0 Å². The molecule has 1 rings (SSSR count). The number of nitrogens with two attached hydrogens (primary N) is 1. The van der Waals surface area contributed by atoms with Crippen LogP contribution in [0.3, 0.4) is 0 Å². The molecular formula is C10H22N2O3. The quantitative estimate of drug-likeness (QED) is 0.551. The van der Waals surface area contributed by atoms with Gasteiger partial charge in [0.15, 0.2) is 0 Å². The van der Waals surface area contributed by atoms with Gasteiger partial charge in [0, 0.05) is 6.54 Å². The number of nitrogens with one attached hydrogen (secondary N) is 1. The summed E-state index contributed by atoms with van der Waals surface area (Å²) in [6, 6.07) is 0. The monoisotopic (exact) mass is 218 g/mol. The highest BCUT2D eigenvalue weighted by atomic mass is 16.5. The maximum absolute atomic E-state index is 9.60. The fraction of sp³-hybridized carbons (Fsp3) is 0.900. The lowest BCUT2D eigenvalue weighted by molar-refractivity contribution is -0.138. The first-order chi connectivity index (χ1) is 6.83. The molecule has 0 amide bonds. The summed E-state index contributed by atoms with van der Waals surface area (Å²) in [5, 5.41) is 11.7. The molecule has 0 saturated carbocycles. The molecule has 0 aromatic rings. The van der Waals surface area contributed by atoms with Crippen molar-refractivity contribution < 1.29 is 14.6 Å². The standard InChI is InChI=1S/C5H12N2O.C5H10O2/c6-5(4-8)1-2-7-3-5;1-5(2,3)7-4-6/h7-8H,1-4,6H2;4H,1-3H3.